The van der Waals surface area contributed by atoms with E-state index in [0.29, 0.717) is 35.5 Å². The Labute approximate surface area is 284 Å². The van der Waals surface area contributed by atoms with Gasteiger partial charge in [0.25, 0.3) is 11.5 Å². The molecule has 0 spiro atoms. The lowest BCUT2D eigenvalue weighted by molar-refractivity contribution is -0.138. The number of piperidine rings is 3. The number of aromatic nitrogens is 3. The van der Waals surface area contributed by atoms with Crippen LogP contribution in [0.1, 0.15) is 54.9 Å². The molecule has 1 aromatic heterocycles. The lowest BCUT2D eigenvalue weighted by Crippen LogP contribution is -2.50. The molecular formula is C35H43N9O5. The first kappa shape index (κ1) is 32.7. The highest BCUT2D eigenvalue weighted by molar-refractivity contribution is 5.99. The summed E-state index contributed by atoms with van der Waals surface area (Å²) in [6.07, 6.45) is 3.90. The Morgan fingerprint density at radius 2 is 1.47 bits per heavy atom. The van der Waals surface area contributed by atoms with Crippen molar-refractivity contribution in [1.29, 1.82) is 0 Å². The number of primary amides is 1. The van der Waals surface area contributed by atoms with E-state index in [2.05, 4.69) is 35.2 Å². The Kier molecular flexibility index (Phi) is 9.30. The number of anilines is 2. The van der Waals surface area contributed by atoms with Crippen molar-refractivity contribution < 1.29 is 19.2 Å². The molecular weight excluding hydrogens is 626 g/mol. The van der Waals surface area contributed by atoms with Crippen LogP contribution in [0.15, 0.2) is 47.3 Å². The number of hydrogen-bond donors (Lipinski definition) is 2. The summed E-state index contributed by atoms with van der Waals surface area (Å²) in [6, 6.07) is 12.1. The van der Waals surface area contributed by atoms with Crippen molar-refractivity contribution in [3.05, 3.63) is 58.4 Å². The Morgan fingerprint density at radius 1 is 0.796 bits per heavy atom. The molecule has 4 amide bonds. The van der Waals surface area contributed by atoms with E-state index < -0.39 is 23.4 Å². The van der Waals surface area contributed by atoms with E-state index in [1.165, 1.54) is 0 Å². The number of nitrogens with zero attached hydrogens (tertiary/aromatic N) is 7. The van der Waals surface area contributed by atoms with Crippen LogP contribution < -0.4 is 26.4 Å². The van der Waals surface area contributed by atoms with Gasteiger partial charge in [0, 0.05) is 88.2 Å². The summed E-state index contributed by atoms with van der Waals surface area (Å²) in [5, 5.41) is 10.8. The molecule has 258 valence electrons. The van der Waals surface area contributed by atoms with Gasteiger partial charge in [-0.05, 0) is 80.5 Å². The number of piperazine rings is 1. The van der Waals surface area contributed by atoms with Gasteiger partial charge in [-0.2, -0.15) is 4.68 Å². The molecule has 1 atom stereocenters. The van der Waals surface area contributed by atoms with Crippen molar-refractivity contribution >= 4 is 45.9 Å². The van der Waals surface area contributed by atoms with Crippen molar-refractivity contribution in [2.45, 2.75) is 44.6 Å². The summed E-state index contributed by atoms with van der Waals surface area (Å²) in [7, 11) is 0. The summed E-state index contributed by atoms with van der Waals surface area (Å²) in [5.74, 6) is -0.463. The molecule has 0 aliphatic carbocycles. The third-order valence-corrected chi connectivity index (χ3v) is 10.7. The second-order valence-corrected chi connectivity index (χ2v) is 13.7. The van der Waals surface area contributed by atoms with E-state index >= 15 is 0 Å². The van der Waals surface area contributed by atoms with Crippen LogP contribution in [-0.4, -0.2) is 107 Å². The van der Waals surface area contributed by atoms with Gasteiger partial charge in [-0.25, -0.2) is 0 Å². The zero-order valence-corrected chi connectivity index (χ0v) is 27.6. The maximum Gasteiger partial charge on any atom is 0.278 e. The molecule has 49 heavy (non-hydrogen) atoms. The van der Waals surface area contributed by atoms with Crippen LogP contribution in [0.25, 0.3) is 10.9 Å². The number of imide groups is 1. The largest absolute Gasteiger partial charge is 0.371 e. The second-order valence-electron chi connectivity index (χ2n) is 13.7. The molecule has 4 fully saturated rings. The average Bonchev–Trinajstić information content (AvgIpc) is 3.12. The van der Waals surface area contributed by atoms with Crippen LogP contribution in [0.4, 0.5) is 11.4 Å². The van der Waals surface area contributed by atoms with Gasteiger partial charge in [-0.1, -0.05) is 5.21 Å². The summed E-state index contributed by atoms with van der Waals surface area (Å²) in [5.41, 5.74) is 7.93. The van der Waals surface area contributed by atoms with Gasteiger partial charge in [0.05, 0.1) is 5.39 Å². The SMILES string of the molecule is NC(=O)c1ccc(N2CCN(CC3CCN(C(=O)C4CCN(c5ccc6nnn(C7CCC(=O)NC7=O)c(=O)c6c5)CC4)CC3)CC2)cc1. The zero-order chi connectivity index (χ0) is 34.1. The van der Waals surface area contributed by atoms with Crippen LogP contribution >= 0.6 is 0 Å². The van der Waals surface area contributed by atoms with Crippen LogP contribution in [0.5, 0.6) is 0 Å². The van der Waals surface area contributed by atoms with Gasteiger partial charge in [-0.15, -0.1) is 5.10 Å². The third kappa shape index (κ3) is 7.00. The van der Waals surface area contributed by atoms with Crippen molar-refractivity contribution in [2.24, 2.45) is 17.6 Å². The second kappa shape index (κ2) is 13.9. The predicted molar refractivity (Wildman–Crippen MR) is 183 cm³/mol. The van der Waals surface area contributed by atoms with E-state index in [9.17, 15) is 24.0 Å². The maximum atomic E-state index is 13.5. The standard InChI is InChI=1S/C35H43N9O5/c36-32(46)24-1-3-26(4-2-24)42-19-17-40(18-20-42)22-23-9-13-43(14-10-23)34(48)25-11-15-41(16-12-25)27-5-6-29-28(21-27)35(49)44(39-38-29)30-7-8-31(45)37-33(30)47/h1-6,21,23,25,30H,7-20,22H2,(H2,36,46)(H,37,45,47). The Morgan fingerprint density at radius 3 is 2.14 bits per heavy atom. The van der Waals surface area contributed by atoms with Gasteiger partial charge >= 0.3 is 0 Å². The molecule has 3 aromatic rings. The normalized spacial score (nSPS) is 21.6. The van der Waals surface area contributed by atoms with Crippen molar-refractivity contribution in [3.63, 3.8) is 0 Å². The highest BCUT2D eigenvalue weighted by Gasteiger charge is 2.33. The first-order valence-corrected chi connectivity index (χ1v) is 17.4. The van der Waals surface area contributed by atoms with E-state index in [1.54, 1.807) is 24.3 Å². The molecule has 14 heteroatoms. The number of carbonyl (C=O) groups is 4. The summed E-state index contributed by atoms with van der Waals surface area (Å²) >= 11 is 0. The minimum atomic E-state index is -0.866. The minimum Gasteiger partial charge on any atom is -0.371 e. The van der Waals surface area contributed by atoms with Gasteiger partial charge in [-0.3, -0.25) is 34.2 Å². The van der Waals surface area contributed by atoms with Crippen LogP contribution in [0.3, 0.4) is 0 Å². The molecule has 4 aliphatic heterocycles. The Hall–Kier alpha value is -4.85. The van der Waals surface area contributed by atoms with E-state index in [4.69, 9.17) is 5.73 Å². The quantitative estimate of drug-likeness (QED) is 0.349. The minimum absolute atomic E-state index is 0.00556. The number of nitrogens with two attached hydrogens (primary N) is 1. The van der Waals surface area contributed by atoms with Crippen LogP contribution in [0.2, 0.25) is 0 Å². The van der Waals surface area contributed by atoms with Gasteiger partial charge in [0.1, 0.15) is 11.6 Å². The molecule has 0 bridgehead atoms. The van der Waals surface area contributed by atoms with Crippen molar-refractivity contribution in [1.82, 2.24) is 30.1 Å². The fourth-order valence-corrected chi connectivity index (χ4v) is 7.73. The van der Waals surface area contributed by atoms with Gasteiger partial charge < -0.3 is 20.4 Å². The molecule has 3 N–H and O–H groups in total. The number of carbonyl (C=O) groups excluding carboxylic acids is 4. The lowest BCUT2D eigenvalue weighted by Gasteiger charge is -2.41. The number of benzene rings is 2. The molecule has 14 nitrogen and oxygen atoms in total. The lowest BCUT2D eigenvalue weighted by atomic mass is 9.91. The van der Waals surface area contributed by atoms with Crippen molar-refractivity contribution in [2.75, 3.05) is 68.7 Å². The number of nitrogens with one attached hydrogen (secondary N) is 1. The monoisotopic (exact) mass is 669 g/mol. The number of amides is 4. The molecule has 0 saturated carbocycles. The van der Waals surface area contributed by atoms with Crippen LogP contribution in [0, 0.1) is 11.8 Å². The number of fused-ring (bicyclic) bond motifs is 1. The molecule has 2 aromatic carbocycles. The smallest absolute Gasteiger partial charge is 0.278 e. The summed E-state index contributed by atoms with van der Waals surface area (Å²) < 4.78 is 1.08. The van der Waals surface area contributed by atoms with Crippen LogP contribution in [-0.2, 0) is 14.4 Å². The molecule has 7 rings (SSSR count). The fraction of sp³-hybridized carbons (Fsp3) is 0.514. The first-order valence-electron chi connectivity index (χ1n) is 17.4. The maximum absolute atomic E-state index is 13.5. The third-order valence-electron chi connectivity index (χ3n) is 10.7. The first-order chi connectivity index (χ1) is 23.7. The highest BCUT2D eigenvalue weighted by atomic mass is 16.2. The van der Waals surface area contributed by atoms with Gasteiger partial charge in [0.15, 0.2) is 0 Å². The Balaban J connectivity index is 0.875. The van der Waals surface area contributed by atoms with E-state index in [-0.39, 0.29) is 30.6 Å². The van der Waals surface area contributed by atoms with Gasteiger partial charge in [0.2, 0.25) is 17.7 Å². The molecule has 4 saturated heterocycles. The Bertz CT molecular complexity index is 1790. The molecule has 4 aliphatic rings. The predicted octanol–water partition coefficient (Wildman–Crippen LogP) is 1.15. The fourth-order valence-electron chi connectivity index (χ4n) is 7.73. The molecule has 1 unspecified atom stereocenters. The van der Waals surface area contributed by atoms with E-state index in [1.807, 2.05) is 18.2 Å². The summed E-state index contributed by atoms with van der Waals surface area (Å²) in [4.78, 5) is 71.3. The summed E-state index contributed by atoms with van der Waals surface area (Å²) in [6.45, 7) is 7.97. The number of likely N-dealkylation sites (tertiary alicyclic amines) is 1. The average molecular weight is 670 g/mol. The topological polar surface area (TPSA) is 167 Å². The van der Waals surface area contributed by atoms with E-state index in [0.717, 1.165) is 87.6 Å². The number of hydrogen-bond acceptors (Lipinski definition) is 10. The highest BCUT2D eigenvalue weighted by Crippen LogP contribution is 2.29. The van der Waals surface area contributed by atoms with Crippen molar-refractivity contribution in [3.8, 4) is 0 Å². The number of rotatable bonds is 7. The zero-order valence-electron chi connectivity index (χ0n) is 27.6. The molecule has 0 radical (unpaired) electrons. The molecule has 5 heterocycles.